The van der Waals surface area contributed by atoms with Gasteiger partial charge in [-0.15, -0.1) is 0 Å². The predicted molar refractivity (Wildman–Crippen MR) is 74.1 cm³/mol. The quantitative estimate of drug-likeness (QED) is 0.921. The molecule has 20 heavy (non-hydrogen) atoms. The number of phenolic OH excluding ortho intramolecular Hbond substituents is 1. The minimum Gasteiger partial charge on any atom is -0.508 e. The van der Waals surface area contributed by atoms with E-state index in [0.29, 0.717) is 19.5 Å². The summed E-state index contributed by atoms with van der Waals surface area (Å²) in [6, 6.07) is 5.40. The Kier molecular flexibility index (Phi) is 3.41. The molecule has 0 radical (unpaired) electrons. The zero-order valence-corrected chi connectivity index (χ0v) is 11.2. The second kappa shape index (κ2) is 5.36. The molecule has 1 N–H and O–H groups in total. The number of carbonyl (C=O) groups excluding carboxylic acids is 1. The fourth-order valence-electron chi connectivity index (χ4n) is 2.56. The number of hydrogen-bond acceptors (Lipinski definition) is 3. The Bertz CT molecular complexity index is 608. The van der Waals surface area contributed by atoms with Gasteiger partial charge in [0.25, 0.3) is 0 Å². The maximum atomic E-state index is 12.2. The number of aromatic hydroxyl groups is 1. The summed E-state index contributed by atoms with van der Waals surface area (Å²) in [6.45, 7) is 2.00. The average molecular weight is 271 g/mol. The fraction of sp³-hybridized carbons (Fsp3) is 0.333. The first-order chi connectivity index (χ1) is 9.72. The SMILES string of the molecule is O=C(CCn1ccnc1)N1CCc2ccc(O)cc2C1. The fourth-order valence-corrected chi connectivity index (χ4v) is 2.56. The van der Waals surface area contributed by atoms with Crippen molar-refractivity contribution in [1.82, 2.24) is 14.5 Å². The van der Waals surface area contributed by atoms with Crippen LogP contribution >= 0.6 is 0 Å². The lowest BCUT2D eigenvalue weighted by atomic mass is 9.99. The molecule has 0 fully saturated rings. The van der Waals surface area contributed by atoms with E-state index in [-0.39, 0.29) is 11.7 Å². The van der Waals surface area contributed by atoms with Crippen molar-refractivity contribution in [3.8, 4) is 5.75 Å². The molecule has 0 atom stereocenters. The summed E-state index contributed by atoms with van der Waals surface area (Å²) in [4.78, 5) is 18.0. The first kappa shape index (κ1) is 12.7. The summed E-state index contributed by atoms with van der Waals surface area (Å²) in [5, 5.41) is 9.53. The minimum absolute atomic E-state index is 0.146. The third-order valence-corrected chi connectivity index (χ3v) is 3.70. The van der Waals surface area contributed by atoms with Gasteiger partial charge < -0.3 is 14.6 Å². The Labute approximate surface area is 117 Å². The van der Waals surface area contributed by atoms with Crippen molar-refractivity contribution in [2.45, 2.75) is 25.9 Å². The van der Waals surface area contributed by atoms with Crippen LogP contribution in [0.15, 0.2) is 36.9 Å². The first-order valence-corrected chi connectivity index (χ1v) is 6.76. The van der Waals surface area contributed by atoms with Crippen molar-refractivity contribution in [2.75, 3.05) is 6.54 Å². The molecule has 0 saturated carbocycles. The molecule has 3 rings (SSSR count). The predicted octanol–water partition coefficient (Wildman–Crippen LogP) is 1.56. The standard InChI is InChI=1S/C15H17N3O2/c19-14-2-1-12-3-7-18(10-13(12)9-14)15(20)4-6-17-8-5-16-11-17/h1-2,5,8-9,11,19H,3-4,6-7,10H2. The lowest BCUT2D eigenvalue weighted by Gasteiger charge is -2.29. The van der Waals surface area contributed by atoms with Gasteiger partial charge in [-0.05, 0) is 29.7 Å². The number of aryl methyl sites for hydroxylation is 1. The molecule has 1 aliphatic rings. The topological polar surface area (TPSA) is 58.4 Å². The molecule has 0 bridgehead atoms. The largest absolute Gasteiger partial charge is 0.508 e. The molecule has 1 aromatic heterocycles. The Hall–Kier alpha value is -2.30. The monoisotopic (exact) mass is 271 g/mol. The van der Waals surface area contributed by atoms with Crippen molar-refractivity contribution >= 4 is 5.91 Å². The van der Waals surface area contributed by atoms with Crippen molar-refractivity contribution < 1.29 is 9.90 Å². The molecule has 104 valence electrons. The number of fused-ring (bicyclic) bond motifs is 1. The molecule has 5 nitrogen and oxygen atoms in total. The smallest absolute Gasteiger partial charge is 0.224 e. The van der Waals surface area contributed by atoms with Gasteiger partial charge in [-0.1, -0.05) is 6.07 Å². The van der Waals surface area contributed by atoms with Crippen LogP contribution in [-0.4, -0.2) is 32.0 Å². The summed E-state index contributed by atoms with van der Waals surface area (Å²) in [7, 11) is 0. The first-order valence-electron chi connectivity index (χ1n) is 6.76. The zero-order valence-electron chi connectivity index (χ0n) is 11.2. The molecular weight excluding hydrogens is 254 g/mol. The lowest BCUT2D eigenvalue weighted by molar-refractivity contribution is -0.132. The van der Waals surface area contributed by atoms with Gasteiger partial charge in [0.05, 0.1) is 6.33 Å². The van der Waals surface area contributed by atoms with E-state index in [0.717, 1.165) is 18.5 Å². The Morgan fingerprint density at radius 3 is 3.05 bits per heavy atom. The van der Waals surface area contributed by atoms with Crippen LogP contribution in [0.2, 0.25) is 0 Å². The van der Waals surface area contributed by atoms with Gasteiger partial charge in [-0.3, -0.25) is 4.79 Å². The lowest BCUT2D eigenvalue weighted by Crippen LogP contribution is -2.36. The van der Waals surface area contributed by atoms with E-state index >= 15 is 0 Å². The van der Waals surface area contributed by atoms with E-state index in [9.17, 15) is 9.90 Å². The molecule has 0 aliphatic carbocycles. The van der Waals surface area contributed by atoms with Crippen LogP contribution in [-0.2, 0) is 24.3 Å². The van der Waals surface area contributed by atoms with E-state index in [4.69, 9.17) is 0 Å². The number of phenols is 1. The van der Waals surface area contributed by atoms with Crippen molar-refractivity contribution in [3.05, 3.63) is 48.0 Å². The highest BCUT2D eigenvalue weighted by molar-refractivity contribution is 5.76. The molecule has 1 aromatic carbocycles. The van der Waals surface area contributed by atoms with Gasteiger partial charge in [0.1, 0.15) is 5.75 Å². The maximum Gasteiger partial charge on any atom is 0.224 e. The zero-order chi connectivity index (χ0) is 13.9. The molecule has 5 heteroatoms. The van der Waals surface area contributed by atoms with Crippen LogP contribution in [0.3, 0.4) is 0 Å². The number of hydrogen-bond donors (Lipinski definition) is 1. The Balaban J connectivity index is 1.62. The maximum absolute atomic E-state index is 12.2. The van der Waals surface area contributed by atoms with E-state index in [1.165, 1.54) is 5.56 Å². The Morgan fingerprint density at radius 2 is 2.25 bits per heavy atom. The highest BCUT2D eigenvalue weighted by Gasteiger charge is 2.20. The third kappa shape index (κ3) is 2.66. The third-order valence-electron chi connectivity index (χ3n) is 3.70. The van der Waals surface area contributed by atoms with Crippen LogP contribution in [0.5, 0.6) is 5.75 Å². The summed E-state index contributed by atoms with van der Waals surface area (Å²) in [6.07, 6.45) is 6.62. The summed E-state index contributed by atoms with van der Waals surface area (Å²) >= 11 is 0. The van der Waals surface area contributed by atoms with Crippen LogP contribution in [0.25, 0.3) is 0 Å². The van der Waals surface area contributed by atoms with E-state index in [1.807, 2.05) is 21.7 Å². The molecule has 2 heterocycles. The number of imidazole rings is 1. The number of aromatic nitrogens is 2. The summed E-state index contributed by atoms with van der Waals surface area (Å²) in [5.74, 6) is 0.407. The van der Waals surface area contributed by atoms with Gasteiger partial charge in [0.2, 0.25) is 5.91 Å². The van der Waals surface area contributed by atoms with Crippen molar-refractivity contribution in [3.63, 3.8) is 0 Å². The van der Waals surface area contributed by atoms with Gasteiger partial charge in [-0.25, -0.2) is 4.98 Å². The minimum atomic E-state index is 0.146. The molecule has 0 saturated heterocycles. The average Bonchev–Trinajstić information content (AvgIpc) is 2.97. The van der Waals surface area contributed by atoms with Crippen LogP contribution in [0.4, 0.5) is 0 Å². The van der Waals surface area contributed by atoms with Gasteiger partial charge in [0.15, 0.2) is 0 Å². The summed E-state index contributed by atoms with van der Waals surface area (Å²) < 4.78 is 1.90. The number of carbonyl (C=O) groups is 1. The molecule has 1 aliphatic heterocycles. The number of amides is 1. The molecule has 2 aromatic rings. The number of rotatable bonds is 3. The summed E-state index contributed by atoms with van der Waals surface area (Å²) in [5.41, 5.74) is 2.27. The highest BCUT2D eigenvalue weighted by atomic mass is 16.3. The van der Waals surface area contributed by atoms with Crippen molar-refractivity contribution in [2.24, 2.45) is 0 Å². The number of nitrogens with zero attached hydrogens (tertiary/aromatic N) is 3. The number of benzene rings is 1. The molecular formula is C15H17N3O2. The molecule has 0 unspecified atom stereocenters. The van der Waals surface area contributed by atoms with E-state index in [2.05, 4.69) is 4.98 Å². The van der Waals surface area contributed by atoms with Crippen molar-refractivity contribution in [1.29, 1.82) is 0 Å². The van der Waals surface area contributed by atoms with Gasteiger partial charge in [-0.2, -0.15) is 0 Å². The highest BCUT2D eigenvalue weighted by Crippen LogP contribution is 2.23. The van der Waals surface area contributed by atoms with E-state index < -0.39 is 0 Å². The molecule has 1 amide bonds. The van der Waals surface area contributed by atoms with E-state index in [1.54, 1.807) is 24.7 Å². The normalized spacial score (nSPS) is 14.1. The van der Waals surface area contributed by atoms with Gasteiger partial charge >= 0.3 is 0 Å². The Morgan fingerprint density at radius 1 is 1.35 bits per heavy atom. The second-order valence-electron chi connectivity index (χ2n) is 5.07. The van der Waals surface area contributed by atoms with Crippen LogP contribution in [0, 0.1) is 0 Å². The van der Waals surface area contributed by atoms with Crippen LogP contribution < -0.4 is 0 Å². The molecule has 0 spiro atoms. The van der Waals surface area contributed by atoms with Crippen LogP contribution in [0.1, 0.15) is 17.5 Å². The second-order valence-corrected chi connectivity index (χ2v) is 5.07. The van der Waals surface area contributed by atoms with Gasteiger partial charge in [0, 0.05) is 38.4 Å².